The summed E-state index contributed by atoms with van der Waals surface area (Å²) >= 11 is 0. The molecule has 3 rings (SSSR count). The predicted octanol–water partition coefficient (Wildman–Crippen LogP) is 3.66. The van der Waals surface area contributed by atoms with Gasteiger partial charge in [-0.3, -0.25) is 14.6 Å². The van der Waals surface area contributed by atoms with Crippen molar-refractivity contribution in [3.05, 3.63) is 89.7 Å². The second-order valence-corrected chi connectivity index (χ2v) is 6.00. The van der Waals surface area contributed by atoms with Crippen molar-refractivity contribution in [1.82, 2.24) is 10.3 Å². The maximum absolute atomic E-state index is 12.5. The highest BCUT2D eigenvalue weighted by Gasteiger charge is 2.11. The van der Waals surface area contributed by atoms with Gasteiger partial charge in [0.15, 0.2) is 0 Å². The van der Waals surface area contributed by atoms with E-state index in [0.29, 0.717) is 30.0 Å². The van der Waals surface area contributed by atoms with E-state index in [-0.39, 0.29) is 11.8 Å². The van der Waals surface area contributed by atoms with Crippen molar-refractivity contribution in [2.24, 2.45) is 0 Å². The lowest BCUT2D eigenvalue weighted by molar-refractivity contribution is 0.0950. The second kappa shape index (κ2) is 9.32. The molecule has 2 N–H and O–H groups in total. The van der Waals surface area contributed by atoms with Crippen molar-refractivity contribution < 1.29 is 14.3 Å². The summed E-state index contributed by atoms with van der Waals surface area (Å²) in [5.41, 5.74) is 2.23. The van der Waals surface area contributed by atoms with Gasteiger partial charge in [0.2, 0.25) is 0 Å². The molecule has 1 aromatic heterocycles. The number of benzene rings is 2. The fourth-order valence-electron chi connectivity index (χ4n) is 2.58. The highest BCUT2D eigenvalue weighted by atomic mass is 16.5. The Morgan fingerprint density at radius 2 is 1.68 bits per heavy atom. The van der Waals surface area contributed by atoms with Gasteiger partial charge in [-0.05, 0) is 61.5 Å². The molecule has 0 saturated carbocycles. The molecule has 3 aromatic rings. The van der Waals surface area contributed by atoms with Crippen LogP contribution in [0.5, 0.6) is 5.75 Å². The lowest BCUT2D eigenvalue weighted by Crippen LogP contribution is -2.23. The third-order valence-corrected chi connectivity index (χ3v) is 3.97. The Morgan fingerprint density at radius 3 is 2.36 bits per heavy atom. The van der Waals surface area contributed by atoms with Gasteiger partial charge in [0.1, 0.15) is 5.75 Å². The first-order valence-electron chi connectivity index (χ1n) is 8.98. The molecule has 0 bridgehead atoms. The van der Waals surface area contributed by atoms with Crippen molar-refractivity contribution in [1.29, 1.82) is 0 Å². The molecule has 0 atom stereocenters. The third kappa shape index (κ3) is 5.17. The molecule has 142 valence electrons. The average Bonchev–Trinajstić information content (AvgIpc) is 2.74. The number of ether oxygens (including phenoxy) is 1. The summed E-state index contributed by atoms with van der Waals surface area (Å²) in [7, 11) is 0. The number of hydrogen-bond donors (Lipinski definition) is 2. The van der Waals surface area contributed by atoms with Crippen LogP contribution in [-0.4, -0.2) is 23.4 Å². The zero-order chi connectivity index (χ0) is 19.8. The molecule has 28 heavy (non-hydrogen) atoms. The molecule has 0 unspecified atom stereocenters. The summed E-state index contributed by atoms with van der Waals surface area (Å²) in [6, 6.07) is 19.2. The number of amides is 2. The van der Waals surface area contributed by atoms with Gasteiger partial charge in [0.25, 0.3) is 11.8 Å². The van der Waals surface area contributed by atoms with Crippen molar-refractivity contribution in [2.75, 3.05) is 11.9 Å². The number of carbonyl (C=O) groups excluding carboxylic acids is 2. The molecule has 1 heterocycles. The fraction of sp³-hybridized carbons (Fsp3) is 0.136. The number of pyridine rings is 1. The van der Waals surface area contributed by atoms with Crippen LogP contribution in [0.15, 0.2) is 72.9 Å². The van der Waals surface area contributed by atoms with Crippen molar-refractivity contribution in [3.8, 4) is 5.75 Å². The van der Waals surface area contributed by atoms with Crippen molar-refractivity contribution >= 4 is 17.5 Å². The highest BCUT2D eigenvalue weighted by Crippen LogP contribution is 2.17. The first-order chi connectivity index (χ1) is 13.7. The minimum atomic E-state index is -0.288. The van der Waals surface area contributed by atoms with Crippen LogP contribution in [0.4, 0.5) is 5.69 Å². The lowest BCUT2D eigenvalue weighted by atomic mass is 10.1. The largest absolute Gasteiger partial charge is 0.494 e. The molecule has 0 radical (unpaired) electrons. The molecule has 6 heteroatoms. The first kappa shape index (κ1) is 19.1. The van der Waals surface area contributed by atoms with E-state index in [0.717, 1.165) is 11.4 Å². The Balaban J connectivity index is 1.63. The minimum absolute atomic E-state index is 0.263. The van der Waals surface area contributed by atoms with Gasteiger partial charge in [-0.2, -0.15) is 0 Å². The average molecular weight is 375 g/mol. The standard InChI is InChI=1S/C22H21N3O3/c1-2-28-20-11-9-18(10-12-20)25-22(27)17-7-5-6-16(14-17)21(26)24-15-19-8-3-4-13-23-19/h3-14H,2,15H2,1H3,(H,24,26)(H,25,27). The van der Waals surface area contributed by atoms with Crippen molar-refractivity contribution in [2.45, 2.75) is 13.5 Å². The molecule has 0 saturated heterocycles. The normalized spacial score (nSPS) is 10.2. The Morgan fingerprint density at radius 1 is 0.929 bits per heavy atom. The van der Waals surface area contributed by atoms with E-state index < -0.39 is 0 Å². The zero-order valence-corrected chi connectivity index (χ0v) is 15.5. The summed E-state index contributed by atoms with van der Waals surface area (Å²) in [6.45, 7) is 2.82. The minimum Gasteiger partial charge on any atom is -0.494 e. The van der Waals surface area contributed by atoms with E-state index in [1.807, 2.05) is 25.1 Å². The van der Waals surface area contributed by atoms with Gasteiger partial charge < -0.3 is 15.4 Å². The van der Waals surface area contributed by atoms with Crippen LogP contribution in [0, 0.1) is 0 Å². The van der Waals surface area contributed by atoms with Gasteiger partial charge in [-0.1, -0.05) is 12.1 Å². The Hall–Kier alpha value is -3.67. The van der Waals surface area contributed by atoms with Gasteiger partial charge in [0.05, 0.1) is 18.8 Å². The van der Waals surface area contributed by atoms with E-state index in [1.54, 1.807) is 54.7 Å². The van der Waals surface area contributed by atoms with Crippen LogP contribution >= 0.6 is 0 Å². The van der Waals surface area contributed by atoms with Crippen LogP contribution < -0.4 is 15.4 Å². The SMILES string of the molecule is CCOc1ccc(NC(=O)c2cccc(C(=O)NCc3ccccn3)c2)cc1. The van der Waals surface area contributed by atoms with Crippen LogP contribution in [0.25, 0.3) is 0 Å². The number of nitrogens with zero attached hydrogens (tertiary/aromatic N) is 1. The van der Waals surface area contributed by atoms with Crippen LogP contribution in [-0.2, 0) is 6.54 Å². The summed E-state index contributed by atoms with van der Waals surface area (Å²) in [4.78, 5) is 29.0. The summed E-state index contributed by atoms with van der Waals surface area (Å²) in [6.07, 6.45) is 1.67. The Labute approximate surface area is 163 Å². The van der Waals surface area contributed by atoms with E-state index >= 15 is 0 Å². The highest BCUT2D eigenvalue weighted by molar-refractivity contribution is 6.06. The third-order valence-electron chi connectivity index (χ3n) is 3.97. The molecule has 0 fully saturated rings. The molecular formula is C22H21N3O3. The topological polar surface area (TPSA) is 80.3 Å². The van der Waals surface area contributed by atoms with Crippen molar-refractivity contribution in [3.63, 3.8) is 0 Å². The maximum atomic E-state index is 12.5. The number of carbonyl (C=O) groups is 2. The van der Waals surface area contributed by atoms with E-state index in [1.165, 1.54) is 0 Å². The smallest absolute Gasteiger partial charge is 0.255 e. The number of hydrogen-bond acceptors (Lipinski definition) is 4. The molecule has 0 aliphatic heterocycles. The maximum Gasteiger partial charge on any atom is 0.255 e. The Bertz CT molecular complexity index is 941. The molecule has 0 spiro atoms. The van der Waals surface area contributed by atoms with Crippen LogP contribution in [0.2, 0.25) is 0 Å². The monoisotopic (exact) mass is 375 g/mol. The van der Waals surface area contributed by atoms with Gasteiger partial charge >= 0.3 is 0 Å². The zero-order valence-electron chi connectivity index (χ0n) is 15.5. The molecule has 2 amide bonds. The van der Waals surface area contributed by atoms with E-state index in [4.69, 9.17) is 4.74 Å². The molecule has 0 aliphatic carbocycles. The number of rotatable bonds is 7. The lowest BCUT2D eigenvalue weighted by Gasteiger charge is -2.09. The number of nitrogens with one attached hydrogen (secondary N) is 2. The van der Waals surface area contributed by atoms with Gasteiger partial charge in [-0.15, -0.1) is 0 Å². The molecule has 2 aromatic carbocycles. The first-order valence-corrected chi connectivity index (χ1v) is 8.98. The summed E-state index contributed by atoms with van der Waals surface area (Å²) in [5.74, 6) is 0.192. The molecule has 6 nitrogen and oxygen atoms in total. The predicted molar refractivity (Wildman–Crippen MR) is 107 cm³/mol. The Kier molecular flexibility index (Phi) is 6.36. The van der Waals surface area contributed by atoms with Crippen LogP contribution in [0.3, 0.4) is 0 Å². The number of anilines is 1. The molecular weight excluding hydrogens is 354 g/mol. The van der Waals surface area contributed by atoms with Gasteiger partial charge in [0, 0.05) is 23.0 Å². The second-order valence-electron chi connectivity index (χ2n) is 6.00. The van der Waals surface area contributed by atoms with Gasteiger partial charge in [-0.25, -0.2) is 0 Å². The van der Waals surface area contributed by atoms with E-state index in [9.17, 15) is 9.59 Å². The quantitative estimate of drug-likeness (QED) is 0.660. The summed E-state index contributed by atoms with van der Waals surface area (Å²) < 4.78 is 5.39. The molecule has 0 aliphatic rings. The number of aromatic nitrogens is 1. The summed E-state index contributed by atoms with van der Waals surface area (Å²) in [5, 5.41) is 5.62. The van der Waals surface area contributed by atoms with E-state index in [2.05, 4.69) is 15.6 Å². The van der Waals surface area contributed by atoms with Crippen LogP contribution in [0.1, 0.15) is 33.3 Å². The fourth-order valence-corrected chi connectivity index (χ4v) is 2.58.